The maximum Gasteiger partial charge on any atom is 0.459 e. The number of hydrogen-bond acceptors (Lipinski definition) is 2. The van der Waals surface area contributed by atoms with E-state index in [1.54, 1.807) is 0 Å². The molecule has 21 heavy (non-hydrogen) atoms. The summed E-state index contributed by atoms with van der Waals surface area (Å²) in [7, 11) is 0. The van der Waals surface area contributed by atoms with Gasteiger partial charge in [-0.25, -0.2) is 0 Å². The number of Topliss-reactive ketones (excluding diaryl/α,β-unsaturated/α-hetero) is 1. The molecular weight excluding hydrogens is 309 g/mol. The Hall–Kier alpha value is -1.64. The molecule has 0 aliphatic heterocycles. The first-order valence-electron chi connectivity index (χ1n) is 5.50. The number of aliphatic hydroxyl groups excluding tert-OH is 1. The second-order valence-electron chi connectivity index (χ2n) is 4.20. The average Bonchev–Trinajstić information content (AvgIpc) is 2.38. The largest absolute Gasteiger partial charge is 0.459 e. The molecule has 1 aromatic rings. The zero-order chi connectivity index (χ0) is 16.5. The molecule has 9 heteroatoms. The van der Waals surface area contributed by atoms with Gasteiger partial charge in [0.05, 0.1) is 0 Å². The molecule has 118 valence electrons. The summed E-state index contributed by atoms with van der Waals surface area (Å²) in [5.74, 6) is -13.5. The normalized spacial score (nSPS) is 14.9. The minimum Gasteiger partial charge on any atom is -0.386 e. The predicted molar refractivity (Wildman–Crippen MR) is 57.3 cm³/mol. The highest BCUT2D eigenvalue weighted by molar-refractivity contribution is 5.96. The van der Waals surface area contributed by atoms with E-state index in [0.29, 0.717) is 0 Å². The van der Waals surface area contributed by atoms with Gasteiger partial charge < -0.3 is 5.11 Å². The van der Waals surface area contributed by atoms with Crippen molar-refractivity contribution in [2.24, 2.45) is 0 Å². The van der Waals surface area contributed by atoms with Crippen molar-refractivity contribution in [3.05, 3.63) is 35.9 Å². The molecule has 0 aromatic heterocycles. The Morgan fingerprint density at radius 1 is 1.00 bits per heavy atom. The summed E-state index contributed by atoms with van der Waals surface area (Å²) < 4.78 is 87.3. The first-order valence-corrected chi connectivity index (χ1v) is 5.50. The zero-order valence-corrected chi connectivity index (χ0v) is 10.2. The molecule has 1 N–H and O–H groups in total. The van der Waals surface area contributed by atoms with E-state index in [1.165, 1.54) is 18.2 Å². The van der Waals surface area contributed by atoms with Crippen LogP contribution in [-0.4, -0.2) is 35.0 Å². The van der Waals surface area contributed by atoms with Gasteiger partial charge >= 0.3 is 18.0 Å². The molecule has 2 nitrogen and oxygen atoms in total. The molecule has 0 bridgehead atoms. The standard InChI is InChI=1S/C12H9F7O2/c13-10(14,11(15,16)12(17,18)19)9(21)6-8(20)7-4-2-1-3-5-7/h1-5,9,21H,6H2. The number of alkyl halides is 7. The fourth-order valence-electron chi connectivity index (χ4n) is 1.44. The Labute approximate surface area is 114 Å². The lowest BCUT2D eigenvalue weighted by molar-refractivity contribution is -0.370. The van der Waals surface area contributed by atoms with Crippen LogP contribution >= 0.6 is 0 Å². The molecule has 1 rings (SSSR count). The summed E-state index contributed by atoms with van der Waals surface area (Å²) in [4.78, 5) is 11.5. The lowest BCUT2D eigenvalue weighted by atomic mass is 9.97. The molecule has 0 heterocycles. The van der Waals surface area contributed by atoms with Crippen molar-refractivity contribution < 1.29 is 40.6 Å². The van der Waals surface area contributed by atoms with Crippen molar-refractivity contribution >= 4 is 5.78 Å². The van der Waals surface area contributed by atoms with Gasteiger partial charge in [0.15, 0.2) is 5.78 Å². The van der Waals surface area contributed by atoms with Crippen molar-refractivity contribution in [1.29, 1.82) is 0 Å². The summed E-state index contributed by atoms with van der Waals surface area (Å²) in [6.07, 6.45) is -11.6. The maximum absolute atomic E-state index is 13.1. The Bertz CT molecular complexity index is 496. The number of benzene rings is 1. The molecular formula is C12H9F7O2. The van der Waals surface area contributed by atoms with E-state index in [4.69, 9.17) is 5.11 Å². The van der Waals surface area contributed by atoms with E-state index in [1.807, 2.05) is 0 Å². The maximum atomic E-state index is 13.1. The van der Waals surface area contributed by atoms with E-state index in [9.17, 15) is 35.5 Å². The molecule has 0 saturated heterocycles. The lowest BCUT2D eigenvalue weighted by Crippen LogP contribution is -2.58. The van der Waals surface area contributed by atoms with E-state index in [0.717, 1.165) is 12.1 Å². The fraction of sp³-hybridized carbons (Fsp3) is 0.417. The second kappa shape index (κ2) is 5.63. The van der Waals surface area contributed by atoms with E-state index in [2.05, 4.69) is 0 Å². The number of carbonyl (C=O) groups excluding carboxylic acids is 1. The third-order valence-corrected chi connectivity index (χ3v) is 2.67. The quantitative estimate of drug-likeness (QED) is 0.667. The SMILES string of the molecule is O=C(CC(O)C(F)(F)C(F)(F)C(F)(F)F)c1ccccc1. The summed E-state index contributed by atoms with van der Waals surface area (Å²) in [6, 6.07) is 6.44. The summed E-state index contributed by atoms with van der Waals surface area (Å²) >= 11 is 0. The highest BCUT2D eigenvalue weighted by Gasteiger charge is 2.75. The Balaban J connectivity index is 2.93. The van der Waals surface area contributed by atoms with Crippen LogP contribution < -0.4 is 0 Å². The molecule has 0 aliphatic rings. The molecule has 0 radical (unpaired) electrons. The van der Waals surface area contributed by atoms with Crippen molar-refractivity contribution in [2.75, 3.05) is 0 Å². The van der Waals surface area contributed by atoms with Gasteiger partial charge in [-0.3, -0.25) is 4.79 Å². The Kier molecular flexibility index (Phi) is 4.66. The first kappa shape index (κ1) is 17.4. The number of halogens is 7. The predicted octanol–water partition coefficient (Wildman–Crippen LogP) is 3.45. The van der Waals surface area contributed by atoms with Crippen LogP contribution in [0.4, 0.5) is 30.7 Å². The fourth-order valence-corrected chi connectivity index (χ4v) is 1.44. The van der Waals surface area contributed by atoms with Crippen molar-refractivity contribution in [1.82, 2.24) is 0 Å². The van der Waals surface area contributed by atoms with Gasteiger partial charge in [0, 0.05) is 12.0 Å². The third kappa shape index (κ3) is 3.34. The highest BCUT2D eigenvalue weighted by Crippen LogP contribution is 2.48. The topological polar surface area (TPSA) is 37.3 Å². The van der Waals surface area contributed by atoms with Gasteiger partial charge in [0.25, 0.3) is 0 Å². The average molecular weight is 318 g/mol. The molecule has 0 amide bonds. The van der Waals surface area contributed by atoms with Gasteiger partial charge in [0.1, 0.15) is 6.10 Å². The van der Waals surface area contributed by atoms with Gasteiger partial charge in [-0.1, -0.05) is 30.3 Å². The third-order valence-electron chi connectivity index (χ3n) is 2.67. The number of rotatable bonds is 5. The second-order valence-corrected chi connectivity index (χ2v) is 4.20. The summed E-state index contributed by atoms with van der Waals surface area (Å²) in [5, 5.41) is 8.96. The molecule has 0 spiro atoms. The summed E-state index contributed by atoms with van der Waals surface area (Å²) in [5.41, 5.74) is -0.192. The first-order chi connectivity index (χ1) is 9.41. The minimum absolute atomic E-state index is 0.192. The van der Waals surface area contributed by atoms with E-state index < -0.39 is 36.3 Å². The summed E-state index contributed by atoms with van der Waals surface area (Å²) in [6.45, 7) is 0. The zero-order valence-electron chi connectivity index (χ0n) is 10.2. The molecule has 1 atom stereocenters. The van der Waals surface area contributed by atoms with Crippen LogP contribution in [-0.2, 0) is 0 Å². The van der Waals surface area contributed by atoms with Crippen LogP contribution in [0.25, 0.3) is 0 Å². The molecule has 0 aliphatic carbocycles. The van der Waals surface area contributed by atoms with Crippen molar-refractivity contribution in [2.45, 2.75) is 30.5 Å². The van der Waals surface area contributed by atoms with E-state index >= 15 is 0 Å². The molecule has 0 saturated carbocycles. The van der Waals surface area contributed by atoms with Crippen LogP contribution in [0.15, 0.2) is 30.3 Å². The van der Waals surface area contributed by atoms with Gasteiger partial charge in [-0.05, 0) is 0 Å². The van der Waals surface area contributed by atoms with E-state index in [-0.39, 0.29) is 5.56 Å². The Morgan fingerprint density at radius 3 is 1.90 bits per heavy atom. The number of hydrogen-bond donors (Lipinski definition) is 1. The van der Waals surface area contributed by atoms with Gasteiger partial charge in [-0.2, -0.15) is 30.7 Å². The number of carbonyl (C=O) groups is 1. The van der Waals surface area contributed by atoms with Crippen LogP contribution in [0.1, 0.15) is 16.8 Å². The molecule has 1 unspecified atom stereocenters. The lowest BCUT2D eigenvalue weighted by Gasteiger charge is -2.31. The van der Waals surface area contributed by atoms with Crippen molar-refractivity contribution in [3.63, 3.8) is 0 Å². The monoisotopic (exact) mass is 318 g/mol. The minimum atomic E-state index is -6.55. The Morgan fingerprint density at radius 2 is 1.48 bits per heavy atom. The van der Waals surface area contributed by atoms with Crippen molar-refractivity contribution in [3.8, 4) is 0 Å². The molecule has 0 fully saturated rings. The van der Waals surface area contributed by atoms with Crippen LogP contribution in [0.5, 0.6) is 0 Å². The van der Waals surface area contributed by atoms with Crippen LogP contribution in [0, 0.1) is 0 Å². The van der Waals surface area contributed by atoms with Crippen LogP contribution in [0.3, 0.4) is 0 Å². The van der Waals surface area contributed by atoms with Gasteiger partial charge in [0.2, 0.25) is 0 Å². The van der Waals surface area contributed by atoms with Gasteiger partial charge in [-0.15, -0.1) is 0 Å². The highest BCUT2D eigenvalue weighted by atomic mass is 19.4. The number of ketones is 1. The number of aliphatic hydroxyl groups is 1. The van der Waals surface area contributed by atoms with Crippen LogP contribution in [0.2, 0.25) is 0 Å². The smallest absolute Gasteiger partial charge is 0.386 e. The molecule has 1 aromatic carbocycles.